The predicted octanol–water partition coefficient (Wildman–Crippen LogP) is -0.202. The zero-order valence-electron chi connectivity index (χ0n) is 6.01. The van der Waals surface area contributed by atoms with Crippen LogP contribution in [0, 0.1) is 0 Å². The molecule has 0 saturated heterocycles. The second-order valence-electron chi connectivity index (χ2n) is 1.58. The van der Waals surface area contributed by atoms with Gasteiger partial charge in [0.2, 0.25) is 0 Å². The van der Waals surface area contributed by atoms with Crippen LogP contribution in [0.3, 0.4) is 0 Å². The summed E-state index contributed by atoms with van der Waals surface area (Å²) in [6.45, 7) is 1.31. The van der Waals surface area contributed by atoms with E-state index >= 15 is 0 Å². The monoisotopic (exact) mass is 404 g/mol. The summed E-state index contributed by atoms with van der Waals surface area (Å²) in [6, 6.07) is 0. The van der Waals surface area contributed by atoms with E-state index in [1.165, 1.54) is 19.0 Å². The van der Waals surface area contributed by atoms with E-state index in [0.717, 1.165) is 0 Å². The maximum atomic E-state index is 10.7. The third kappa shape index (κ3) is 4.56. The number of hydrogen-bond donors (Lipinski definition) is 0. The summed E-state index contributed by atoms with van der Waals surface area (Å²) < 4.78 is 4.32. The molecule has 5 heteroatoms. The van der Waals surface area contributed by atoms with Crippen molar-refractivity contribution in [1.29, 1.82) is 0 Å². The number of ether oxygens (including phenoxy) is 1. The van der Waals surface area contributed by atoms with Gasteiger partial charge >= 0.3 is 66.7 Å². The molecule has 0 aliphatic heterocycles. The molecular formula is C6H7AuO3Se. The Morgan fingerprint density at radius 2 is 1.91 bits per heavy atom. The van der Waals surface area contributed by atoms with Gasteiger partial charge in [0.1, 0.15) is 0 Å². The Morgan fingerprint density at radius 3 is 2.00 bits per heavy atom. The molecule has 0 aromatic rings. The van der Waals surface area contributed by atoms with Crippen LogP contribution in [-0.4, -0.2) is 34.9 Å². The zero-order chi connectivity index (χ0) is 8.15. The zero-order valence-corrected chi connectivity index (χ0v) is 9.89. The molecular weight excluding hydrogens is 396 g/mol. The van der Waals surface area contributed by atoms with Gasteiger partial charge in [-0.15, -0.1) is 0 Å². The molecule has 0 rings (SSSR count). The van der Waals surface area contributed by atoms with Crippen molar-refractivity contribution in [3.63, 3.8) is 0 Å². The standard InChI is InChI=1S/C6H7O3Se.Au/c1-4(7)5(3-10)6(8)9-2;/h3H,1-2H3;/b5-3-;. The van der Waals surface area contributed by atoms with Crippen LogP contribution >= 0.6 is 0 Å². The van der Waals surface area contributed by atoms with Gasteiger partial charge in [-0.2, -0.15) is 0 Å². The van der Waals surface area contributed by atoms with Crippen molar-refractivity contribution >= 4 is 27.8 Å². The van der Waals surface area contributed by atoms with Crippen LogP contribution in [0.5, 0.6) is 0 Å². The fraction of sp³-hybridized carbons (Fsp3) is 0.333. The number of hydrogen-bond acceptors (Lipinski definition) is 3. The third-order valence-corrected chi connectivity index (χ3v) is 1.40. The maximum Gasteiger partial charge on any atom is 0 e. The number of ketones is 1. The van der Waals surface area contributed by atoms with Crippen LogP contribution in [-0.2, 0) is 36.7 Å². The van der Waals surface area contributed by atoms with Crippen LogP contribution in [0.15, 0.2) is 10.5 Å². The van der Waals surface area contributed by atoms with Gasteiger partial charge in [0.05, 0.1) is 0 Å². The summed E-state index contributed by atoms with van der Waals surface area (Å²) in [4.78, 5) is 22.6. The largest absolute Gasteiger partial charge is 0 e. The molecule has 0 bridgehead atoms. The topological polar surface area (TPSA) is 43.4 Å². The van der Waals surface area contributed by atoms with Crippen LogP contribution < -0.4 is 0 Å². The Kier molecular flexibility index (Phi) is 8.51. The van der Waals surface area contributed by atoms with Gasteiger partial charge in [0, 0.05) is 22.4 Å². The SMILES string of the molecule is COC(=O)/C(=C\[Se])C(C)=O.[Au]. The smallest absolute Gasteiger partial charge is 0 e. The summed E-state index contributed by atoms with van der Waals surface area (Å²) >= 11 is 2.46. The van der Waals surface area contributed by atoms with Crippen LogP contribution in [0.1, 0.15) is 6.92 Å². The predicted molar refractivity (Wildman–Crippen MR) is 36.5 cm³/mol. The summed E-state index contributed by atoms with van der Waals surface area (Å²) in [5, 5.41) is 0. The van der Waals surface area contributed by atoms with E-state index in [4.69, 9.17) is 0 Å². The number of esters is 1. The number of rotatable bonds is 2. The van der Waals surface area contributed by atoms with E-state index in [1.807, 2.05) is 0 Å². The van der Waals surface area contributed by atoms with Gasteiger partial charge < -0.3 is 0 Å². The van der Waals surface area contributed by atoms with E-state index in [1.54, 1.807) is 0 Å². The van der Waals surface area contributed by atoms with Gasteiger partial charge in [-0.25, -0.2) is 0 Å². The second kappa shape index (κ2) is 6.83. The molecule has 0 atom stereocenters. The summed E-state index contributed by atoms with van der Waals surface area (Å²) in [6.07, 6.45) is 0. The van der Waals surface area contributed by atoms with Crippen LogP contribution in [0.2, 0.25) is 0 Å². The molecule has 0 amide bonds. The average Bonchev–Trinajstić information content (AvgIpc) is 1.88. The molecule has 0 saturated carbocycles. The summed E-state index contributed by atoms with van der Waals surface area (Å²) in [5.41, 5.74) is 0.0440. The Balaban J connectivity index is 0. The minimum absolute atomic E-state index is 0. The average molecular weight is 403 g/mol. The van der Waals surface area contributed by atoms with Gasteiger partial charge in [-0.1, -0.05) is 0 Å². The van der Waals surface area contributed by atoms with Gasteiger partial charge in [0.25, 0.3) is 0 Å². The molecule has 66 valence electrons. The second-order valence-corrected chi connectivity index (χ2v) is 2.07. The fourth-order valence-electron chi connectivity index (χ4n) is 0.385. The normalized spacial score (nSPS) is 9.82. The number of Topliss-reactive ketones (excluding diaryl/α,β-unsaturated/α-hetero) is 1. The van der Waals surface area contributed by atoms with E-state index < -0.39 is 5.97 Å². The molecule has 0 aromatic heterocycles. The first kappa shape index (κ1) is 13.7. The van der Waals surface area contributed by atoms with Gasteiger partial charge in [-0.05, 0) is 0 Å². The molecule has 0 heterocycles. The molecule has 0 fully saturated rings. The molecule has 0 aromatic carbocycles. The summed E-state index contributed by atoms with van der Waals surface area (Å²) in [7, 11) is 1.23. The third-order valence-electron chi connectivity index (χ3n) is 0.902. The Bertz CT molecular complexity index is 188. The van der Waals surface area contributed by atoms with E-state index in [-0.39, 0.29) is 33.7 Å². The Morgan fingerprint density at radius 1 is 1.45 bits per heavy atom. The van der Waals surface area contributed by atoms with Crippen LogP contribution in [0.4, 0.5) is 0 Å². The van der Waals surface area contributed by atoms with E-state index in [2.05, 4.69) is 20.7 Å². The van der Waals surface area contributed by atoms with Crippen molar-refractivity contribution in [3.05, 3.63) is 10.5 Å². The van der Waals surface area contributed by atoms with Crippen molar-refractivity contribution < 1.29 is 36.7 Å². The molecule has 3 nitrogen and oxygen atoms in total. The molecule has 0 unspecified atom stereocenters. The van der Waals surface area contributed by atoms with Gasteiger partial charge in [0.15, 0.2) is 0 Å². The molecule has 0 spiro atoms. The minimum Gasteiger partial charge on any atom is 0 e. The van der Waals surface area contributed by atoms with Crippen molar-refractivity contribution in [2.75, 3.05) is 7.11 Å². The van der Waals surface area contributed by atoms with Crippen molar-refractivity contribution in [1.82, 2.24) is 0 Å². The number of methoxy groups -OCH3 is 1. The fourth-order valence-corrected chi connectivity index (χ4v) is 0.935. The minimum atomic E-state index is -0.605. The van der Waals surface area contributed by atoms with Crippen molar-refractivity contribution in [2.24, 2.45) is 0 Å². The number of carbonyl (C=O) groups excluding carboxylic acids is 2. The van der Waals surface area contributed by atoms with Crippen molar-refractivity contribution in [3.8, 4) is 0 Å². The molecule has 0 N–H and O–H groups in total. The first-order valence-corrected chi connectivity index (χ1v) is 3.53. The molecule has 2 radical (unpaired) electrons. The van der Waals surface area contributed by atoms with Gasteiger partial charge in [-0.3, -0.25) is 0 Å². The summed E-state index contributed by atoms with van der Waals surface area (Å²) in [5.74, 6) is -0.906. The van der Waals surface area contributed by atoms with Crippen LogP contribution in [0.25, 0.3) is 0 Å². The first-order chi connectivity index (χ1) is 4.63. The first-order valence-electron chi connectivity index (χ1n) is 2.54. The Hall–Kier alpha value is 0.140. The van der Waals surface area contributed by atoms with E-state index in [0.29, 0.717) is 0 Å². The van der Waals surface area contributed by atoms with E-state index in [9.17, 15) is 9.59 Å². The quantitative estimate of drug-likeness (QED) is 0.211. The molecule has 11 heavy (non-hydrogen) atoms. The number of carbonyl (C=O) groups is 2. The maximum absolute atomic E-state index is 10.7. The molecule has 0 aliphatic rings. The Labute approximate surface area is 88.9 Å². The van der Waals surface area contributed by atoms with Crippen molar-refractivity contribution in [2.45, 2.75) is 6.92 Å². The molecule has 0 aliphatic carbocycles.